The van der Waals surface area contributed by atoms with E-state index in [0.717, 1.165) is 8.95 Å². The van der Waals surface area contributed by atoms with Gasteiger partial charge in [0.2, 0.25) is 34.8 Å². The topological polar surface area (TPSA) is 76.7 Å². The molecule has 5 aromatic carbocycles. The third-order valence-electron chi connectivity index (χ3n) is 6.02. The fourth-order valence-electron chi connectivity index (χ4n) is 3.89. The molecule has 5 aromatic rings. The molecule has 2 N–H and O–H groups in total. The molecule has 0 fully saturated rings. The molecule has 0 unspecified atom stereocenters. The first kappa shape index (κ1) is 30.8. The first-order chi connectivity index (χ1) is 21.1. The van der Waals surface area contributed by atoms with E-state index >= 15 is 17.6 Å². The van der Waals surface area contributed by atoms with Gasteiger partial charge in [-0.05, 0) is 72.8 Å². The summed E-state index contributed by atoms with van der Waals surface area (Å²) in [5.41, 5.74) is 1.08. The first-order valence-electron chi connectivity index (χ1n) is 12.6. The molecule has 222 valence electrons. The van der Waals surface area contributed by atoms with Gasteiger partial charge in [0.25, 0.3) is 11.8 Å². The third-order valence-corrected chi connectivity index (χ3v) is 7.08. The van der Waals surface area contributed by atoms with E-state index in [2.05, 4.69) is 42.5 Å². The lowest BCUT2D eigenvalue weighted by atomic mass is 10.2. The van der Waals surface area contributed by atoms with Crippen LogP contribution in [0.2, 0.25) is 0 Å². The predicted octanol–water partition coefficient (Wildman–Crippen LogP) is 9.86. The molecule has 0 spiro atoms. The van der Waals surface area contributed by atoms with E-state index in [9.17, 15) is 9.59 Å². The second kappa shape index (κ2) is 13.3. The number of halogens is 6. The minimum absolute atomic E-state index is 0.198. The molecule has 2 amide bonds. The zero-order valence-corrected chi connectivity index (χ0v) is 25.3. The fraction of sp³-hybridized carbons (Fsp3) is 0. The molecule has 0 aliphatic rings. The van der Waals surface area contributed by atoms with Gasteiger partial charge in [-0.15, -0.1) is 0 Å². The van der Waals surface area contributed by atoms with Crippen molar-refractivity contribution in [3.63, 3.8) is 0 Å². The maximum absolute atomic E-state index is 15.0. The number of amides is 2. The van der Waals surface area contributed by atoms with Gasteiger partial charge in [0, 0.05) is 43.6 Å². The largest absolute Gasteiger partial charge is 0.451 e. The average molecular weight is 730 g/mol. The molecule has 12 heteroatoms. The van der Waals surface area contributed by atoms with Crippen LogP contribution in [-0.4, -0.2) is 11.8 Å². The van der Waals surface area contributed by atoms with Crippen molar-refractivity contribution < 1.29 is 36.6 Å². The second-order valence-corrected chi connectivity index (χ2v) is 10.9. The smallest absolute Gasteiger partial charge is 0.255 e. The lowest BCUT2D eigenvalue weighted by molar-refractivity contribution is 0.101. The summed E-state index contributed by atoms with van der Waals surface area (Å²) in [5, 5.41) is 5.20. The number of nitrogens with one attached hydrogen (secondary N) is 2. The summed E-state index contributed by atoms with van der Waals surface area (Å²) in [4.78, 5) is 25.0. The number of anilines is 2. The number of hydrogen-bond acceptors (Lipinski definition) is 4. The molecular weight excluding hydrogens is 712 g/mol. The fourth-order valence-corrected chi connectivity index (χ4v) is 4.42. The van der Waals surface area contributed by atoms with Gasteiger partial charge in [-0.1, -0.05) is 44.0 Å². The van der Waals surface area contributed by atoms with E-state index in [0.29, 0.717) is 11.1 Å². The Labute approximate surface area is 264 Å². The predicted molar refractivity (Wildman–Crippen MR) is 163 cm³/mol. The molecule has 0 radical (unpaired) electrons. The molecular formula is C32H18Br2F4N2O4. The van der Waals surface area contributed by atoms with Crippen LogP contribution in [0.3, 0.4) is 0 Å². The second-order valence-electron chi connectivity index (χ2n) is 9.10. The summed E-state index contributed by atoms with van der Waals surface area (Å²) in [7, 11) is 0. The maximum atomic E-state index is 15.0. The Hall–Kier alpha value is -4.68. The van der Waals surface area contributed by atoms with Gasteiger partial charge in [-0.2, -0.15) is 17.6 Å². The monoisotopic (exact) mass is 728 g/mol. The molecule has 5 rings (SSSR count). The van der Waals surface area contributed by atoms with Gasteiger partial charge >= 0.3 is 0 Å². The van der Waals surface area contributed by atoms with Crippen LogP contribution < -0.4 is 20.1 Å². The van der Waals surface area contributed by atoms with E-state index in [-0.39, 0.29) is 22.9 Å². The molecule has 0 atom stereocenters. The Kier molecular flexibility index (Phi) is 9.31. The number of rotatable bonds is 8. The Morgan fingerprint density at radius 3 is 1.20 bits per heavy atom. The molecule has 6 nitrogen and oxygen atoms in total. The minimum Gasteiger partial charge on any atom is -0.451 e. The van der Waals surface area contributed by atoms with Gasteiger partial charge in [0.15, 0.2) is 0 Å². The van der Waals surface area contributed by atoms with Crippen molar-refractivity contribution in [2.24, 2.45) is 0 Å². The van der Waals surface area contributed by atoms with E-state index in [4.69, 9.17) is 9.47 Å². The average Bonchev–Trinajstić information content (AvgIpc) is 3.01. The maximum Gasteiger partial charge on any atom is 0.255 e. The number of ether oxygens (including phenoxy) is 2. The molecule has 0 saturated heterocycles. The van der Waals surface area contributed by atoms with Crippen LogP contribution in [0.25, 0.3) is 0 Å². The van der Waals surface area contributed by atoms with Crippen LogP contribution in [0.5, 0.6) is 23.0 Å². The summed E-state index contributed by atoms with van der Waals surface area (Å²) in [5.74, 6) is -11.4. The lowest BCUT2D eigenvalue weighted by Crippen LogP contribution is -2.11. The Morgan fingerprint density at radius 2 is 0.864 bits per heavy atom. The van der Waals surface area contributed by atoms with Crippen molar-refractivity contribution in [1.82, 2.24) is 0 Å². The summed E-state index contributed by atoms with van der Waals surface area (Å²) < 4.78 is 71.9. The zero-order valence-electron chi connectivity index (χ0n) is 22.1. The van der Waals surface area contributed by atoms with Crippen LogP contribution in [0, 0.1) is 23.3 Å². The Balaban J connectivity index is 1.33. The Bertz CT molecular complexity index is 1710. The Morgan fingerprint density at radius 1 is 0.523 bits per heavy atom. The number of carbonyl (C=O) groups excluding carboxylic acids is 2. The highest BCUT2D eigenvalue weighted by Gasteiger charge is 2.29. The van der Waals surface area contributed by atoms with Gasteiger partial charge in [0.05, 0.1) is 0 Å². The molecule has 44 heavy (non-hydrogen) atoms. The zero-order chi connectivity index (χ0) is 31.4. The van der Waals surface area contributed by atoms with Crippen molar-refractivity contribution in [3.8, 4) is 23.0 Å². The van der Waals surface area contributed by atoms with Gasteiger partial charge in [-0.3, -0.25) is 9.59 Å². The summed E-state index contributed by atoms with van der Waals surface area (Å²) >= 11 is 6.56. The highest BCUT2D eigenvalue weighted by molar-refractivity contribution is 9.10. The standard InChI is InChI=1S/C32H18Br2F4N2O4/c33-19-11-7-17(8-12-19)31(41)39-21-3-1-5-23(15-21)43-29-25(35)27(37)30(28(38)26(29)36)44-24-6-2-4-22(16-24)40-32(42)18-9-13-20(34)14-10-18/h1-16H,(H,39,41)(H,40,42). The van der Waals surface area contributed by atoms with E-state index in [1.54, 1.807) is 48.5 Å². The normalized spacial score (nSPS) is 10.7. The molecule has 0 heterocycles. The van der Waals surface area contributed by atoms with Gasteiger partial charge < -0.3 is 20.1 Å². The van der Waals surface area contributed by atoms with Crippen molar-refractivity contribution in [2.45, 2.75) is 0 Å². The van der Waals surface area contributed by atoms with Crippen LogP contribution in [0.15, 0.2) is 106 Å². The SMILES string of the molecule is O=C(Nc1cccc(Oc2c(F)c(F)c(Oc3cccc(NC(=O)c4ccc(Br)cc4)c3)c(F)c2F)c1)c1ccc(Br)cc1. The number of hydrogen-bond donors (Lipinski definition) is 2. The molecule has 0 bridgehead atoms. The van der Waals surface area contributed by atoms with Crippen LogP contribution in [0.1, 0.15) is 20.7 Å². The van der Waals surface area contributed by atoms with E-state index in [1.807, 2.05) is 0 Å². The van der Waals surface area contributed by atoms with Crippen molar-refractivity contribution in [2.75, 3.05) is 10.6 Å². The highest BCUT2D eigenvalue weighted by Crippen LogP contribution is 2.39. The van der Waals surface area contributed by atoms with Crippen LogP contribution in [-0.2, 0) is 0 Å². The highest BCUT2D eigenvalue weighted by atomic mass is 79.9. The summed E-state index contributed by atoms with van der Waals surface area (Å²) in [6.07, 6.45) is 0. The summed E-state index contributed by atoms with van der Waals surface area (Å²) in [6.45, 7) is 0. The minimum atomic E-state index is -1.84. The molecule has 0 aliphatic heterocycles. The summed E-state index contributed by atoms with van der Waals surface area (Å²) in [6, 6.07) is 23.8. The van der Waals surface area contributed by atoms with Gasteiger partial charge in [-0.25, -0.2) is 0 Å². The van der Waals surface area contributed by atoms with Crippen molar-refractivity contribution in [3.05, 3.63) is 140 Å². The van der Waals surface area contributed by atoms with Gasteiger partial charge in [0.1, 0.15) is 11.5 Å². The number of carbonyl (C=O) groups is 2. The quantitative estimate of drug-likeness (QED) is 0.123. The first-order valence-corrected chi connectivity index (χ1v) is 14.2. The van der Waals surface area contributed by atoms with Crippen molar-refractivity contribution in [1.29, 1.82) is 0 Å². The molecule has 0 saturated carbocycles. The number of benzene rings is 5. The van der Waals surface area contributed by atoms with E-state index < -0.39 is 46.6 Å². The lowest BCUT2D eigenvalue weighted by Gasteiger charge is -2.15. The van der Waals surface area contributed by atoms with Crippen LogP contribution >= 0.6 is 31.9 Å². The molecule has 0 aliphatic carbocycles. The van der Waals surface area contributed by atoms with Crippen LogP contribution in [0.4, 0.5) is 28.9 Å². The van der Waals surface area contributed by atoms with Crippen molar-refractivity contribution >= 4 is 55.0 Å². The van der Waals surface area contributed by atoms with E-state index in [1.165, 1.54) is 48.5 Å². The molecule has 0 aromatic heterocycles. The third kappa shape index (κ3) is 7.09.